The molecule has 0 spiro atoms. The highest BCUT2D eigenvalue weighted by Gasteiger charge is 2.26. The third-order valence-corrected chi connectivity index (χ3v) is 7.45. The summed E-state index contributed by atoms with van der Waals surface area (Å²) in [6.07, 6.45) is 18.5. The predicted molar refractivity (Wildman–Crippen MR) is 140 cm³/mol. The largest absolute Gasteiger partial charge is 0.489 e. The van der Waals surface area contributed by atoms with Crippen LogP contribution in [0.15, 0.2) is 18.5 Å². The molecule has 1 aliphatic carbocycles. The Balaban J connectivity index is 1.56. The van der Waals surface area contributed by atoms with Crippen LogP contribution in [-0.2, 0) is 12.8 Å². The van der Waals surface area contributed by atoms with Crippen LogP contribution in [-0.4, -0.2) is 22.0 Å². The summed E-state index contributed by atoms with van der Waals surface area (Å²) < 4.78 is 35.8. The number of hydrogen-bond acceptors (Lipinski definition) is 3. The standard InChI is InChI=1S/C29H41ClF2N2O/c1-3-5-7-8-9-10-11-12-21-14-15-22-17-26(28(32)27(31)25(22)16-21)29-33-18-24(19-34-29)35-20-23(30)13-6-4-2/h17-19,21,23H,3-16,20H2,1-2H3. The van der Waals surface area contributed by atoms with E-state index in [1.807, 2.05) is 0 Å². The summed E-state index contributed by atoms with van der Waals surface area (Å²) in [5.74, 6) is -0.493. The number of hydrogen-bond donors (Lipinski definition) is 0. The van der Waals surface area contributed by atoms with Crippen molar-refractivity contribution in [3.63, 3.8) is 0 Å². The maximum Gasteiger partial charge on any atom is 0.170 e. The van der Waals surface area contributed by atoms with Gasteiger partial charge in [0.25, 0.3) is 0 Å². The SMILES string of the molecule is CCCCCCCCCC1CCc2cc(-c3ncc(OCC(Cl)CCCC)cn3)c(F)c(F)c2C1. The molecule has 0 radical (unpaired) electrons. The van der Waals surface area contributed by atoms with E-state index in [9.17, 15) is 0 Å². The lowest BCUT2D eigenvalue weighted by atomic mass is 9.80. The van der Waals surface area contributed by atoms with E-state index in [1.54, 1.807) is 6.07 Å². The molecule has 194 valence electrons. The molecule has 3 rings (SSSR count). The van der Waals surface area contributed by atoms with Crippen molar-refractivity contribution in [1.82, 2.24) is 9.97 Å². The van der Waals surface area contributed by atoms with Crippen LogP contribution in [0.4, 0.5) is 8.78 Å². The van der Waals surface area contributed by atoms with Gasteiger partial charge in [0.2, 0.25) is 0 Å². The maximum atomic E-state index is 15.1. The van der Waals surface area contributed by atoms with Gasteiger partial charge in [-0.15, -0.1) is 11.6 Å². The molecule has 0 aliphatic heterocycles. The van der Waals surface area contributed by atoms with E-state index >= 15 is 8.78 Å². The van der Waals surface area contributed by atoms with Crippen LogP contribution in [0.2, 0.25) is 0 Å². The van der Waals surface area contributed by atoms with Gasteiger partial charge in [0.1, 0.15) is 6.61 Å². The van der Waals surface area contributed by atoms with Gasteiger partial charge in [0.15, 0.2) is 23.2 Å². The third kappa shape index (κ3) is 8.41. The van der Waals surface area contributed by atoms with Crippen LogP contribution in [0.5, 0.6) is 5.75 Å². The fraction of sp³-hybridized carbons (Fsp3) is 0.655. The lowest BCUT2D eigenvalue weighted by Gasteiger charge is -2.26. The number of alkyl halides is 1. The molecular formula is C29H41ClF2N2O. The Hall–Kier alpha value is -1.75. The minimum absolute atomic E-state index is 0.0727. The van der Waals surface area contributed by atoms with Gasteiger partial charge < -0.3 is 4.74 Å². The molecular weight excluding hydrogens is 466 g/mol. The zero-order valence-electron chi connectivity index (χ0n) is 21.4. The Morgan fingerprint density at radius 2 is 1.66 bits per heavy atom. The van der Waals surface area contributed by atoms with E-state index in [2.05, 4.69) is 23.8 Å². The van der Waals surface area contributed by atoms with Crippen molar-refractivity contribution >= 4 is 11.6 Å². The Bertz CT molecular complexity index is 907. The number of unbranched alkanes of at least 4 members (excludes halogenated alkanes) is 7. The molecule has 2 atom stereocenters. The monoisotopic (exact) mass is 506 g/mol. The summed E-state index contributed by atoms with van der Waals surface area (Å²) in [6, 6.07) is 1.74. The van der Waals surface area contributed by atoms with Crippen molar-refractivity contribution in [1.29, 1.82) is 0 Å². The van der Waals surface area contributed by atoms with Crippen molar-refractivity contribution in [2.24, 2.45) is 5.92 Å². The quantitative estimate of drug-likeness (QED) is 0.179. The van der Waals surface area contributed by atoms with Crippen molar-refractivity contribution in [3.05, 3.63) is 41.2 Å². The van der Waals surface area contributed by atoms with Gasteiger partial charge >= 0.3 is 0 Å². The molecule has 0 bridgehead atoms. The normalized spacial score (nSPS) is 16.2. The fourth-order valence-corrected chi connectivity index (χ4v) is 5.15. The molecule has 3 nitrogen and oxygen atoms in total. The van der Waals surface area contributed by atoms with E-state index in [-0.39, 0.29) is 16.8 Å². The Kier molecular flexibility index (Phi) is 11.7. The van der Waals surface area contributed by atoms with Crippen molar-refractivity contribution in [2.75, 3.05) is 6.61 Å². The molecule has 0 saturated heterocycles. The van der Waals surface area contributed by atoms with E-state index in [0.29, 0.717) is 30.3 Å². The zero-order chi connectivity index (χ0) is 25.0. The van der Waals surface area contributed by atoms with Crippen molar-refractivity contribution < 1.29 is 13.5 Å². The first-order chi connectivity index (χ1) is 17.0. The number of aryl methyl sites for hydroxylation is 1. The predicted octanol–water partition coefficient (Wildman–Crippen LogP) is 8.84. The smallest absolute Gasteiger partial charge is 0.170 e. The summed E-state index contributed by atoms with van der Waals surface area (Å²) in [4.78, 5) is 8.49. The summed E-state index contributed by atoms with van der Waals surface area (Å²) >= 11 is 6.25. The van der Waals surface area contributed by atoms with Gasteiger partial charge in [-0.05, 0) is 48.8 Å². The highest BCUT2D eigenvalue weighted by Crippen LogP contribution is 2.35. The Morgan fingerprint density at radius 1 is 0.971 bits per heavy atom. The summed E-state index contributed by atoms with van der Waals surface area (Å²) in [7, 11) is 0. The lowest BCUT2D eigenvalue weighted by molar-refractivity contribution is 0.306. The average molecular weight is 507 g/mol. The highest BCUT2D eigenvalue weighted by atomic mass is 35.5. The van der Waals surface area contributed by atoms with Crippen LogP contribution in [0.3, 0.4) is 0 Å². The molecule has 2 aromatic rings. The lowest BCUT2D eigenvalue weighted by Crippen LogP contribution is -2.17. The van der Waals surface area contributed by atoms with Gasteiger partial charge in [-0.25, -0.2) is 18.7 Å². The first-order valence-electron chi connectivity index (χ1n) is 13.6. The van der Waals surface area contributed by atoms with Crippen LogP contribution in [0.1, 0.15) is 102 Å². The summed E-state index contributed by atoms with van der Waals surface area (Å²) in [6.45, 7) is 4.72. The van der Waals surface area contributed by atoms with Gasteiger partial charge in [0.05, 0.1) is 23.3 Å². The minimum Gasteiger partial charge on any atom is -0.489 e. The number of benzene rings is 1. The fourth-order valence-electron chi connectivity index (χ4n) is 4.94. The second-order valence-electron chi connectivity index (χ2n) is 10.0. The second-order valence-corrected chi connectivity index (χ2v) is 10.6. The summed E-state index contributed by atoms with van der Waals surface area (Å²) in [5.41, 5.74) is 1.56. The molecule has 0 fully saturated rings. The van der Waals surface area contributed by atoms with E-state index in [0.717, 1.165) is 44.1 Å². The van der Waals surface area contributed by atoms with Gasteiger partial charge in [0, 0.05) is 0 Å². The number of ether oxygens (including phenoxy) is 1. The van der Waals surface area contributed by atoms with Crippen molar-refractivity contribution in [3.8, 4) is 17.1 Å². The highest BCUT2D eigenvalue weighted by molar-refractivity contribution is 6.20. The molecule has 1 aromatic carbocycles. The first kappa shape index (κ1) is 27.8. The van der Waals surface area contributed by atoms with E-state index < -0.39 is 11.6 Å². The number of fused-ring (bicyclic) bond motifs is 1. The third-order valence-electron chi connectivity index (χ3n) is 7.10. The van der Waals surface area contributed by atoms with Crippen LogP contribution >= 0.6 is 11.6 Å². The molecule has 0 N–H and O–H groups in total. The Morgan fingerprint density at radius 3 is 2.37 bits per heavy atom. The number of nitrogens with zero attached hydrogens (tertiary/aromatic N) is 2. The zero-order valence-corrected chi connectivity index (χ0v) is 22.2. The number of aromatic nitrogens is 2. The maximum absolute atomic E-state index is 15.1. The average Bonchev–Trinajstić information content (AvgIpc) is 2.88. The van der Waals surface area contributed by atoms with Crippen molar-refractivity contribution in [2.45, 2.75) is 109 Å². The second kappa shape index (κ2) is 14.7. The van der Waals surface area contributed by atoms with Crippen LogP contribution in [0, 0.1) is 17.6 Å². The molecule has 1 aliphatic rings. The van der Waals surface area contributed by atoms with Crippen LogP contribution in [0.25, 0.3) is 11.4 Å². The van der Waals surface area contributed by atoms with Gasteiger partial charge in [-0.1, -0.05) is 78.1 Å². The summed E-state index contributed by atoms with van der Waals surface area (Å²) in [5, 5.41) is -0.0727. The van der Waals surface area contributed by atoms with Crippen LogP contribution < -0.4 is 4.74 Å². The van der Waals surface area contributed by atoms with Gasteiger partial charge in [-0.2, -0.15) is 0 Å². The molecule has 1 aromatic heterocycles. The molecule has 0 saturated carbocycles. The minimum atomic E-state index is -0.852. The first-order valence-corrected chi connectivity index (χ1v) is 14.1. The van der Waals surface area contributed by atoms with E-state index in [1.165, 1.54) is 57.3 Å². The molecule has 0 amide bonds. The molecule has 6 heteroatoms. The molecule has 2 unspecified atom stereocenters. The molecule has 1 heterocycles. The number of halogens is 3. The molecule has 35 heavy (non-hydrogen) atoms. The number of rotatable bonds is 15. The van der Waals surface area contributed by atoms with E-state index in [4.69, 9.17) is 16.3 Å². The van der Waals surface area contributed by atoms with Gasteiger partial charge in [-0.3, -0.25) is 0 Å². The topological polar surface area (TPSA) is 35.0 Å². The Labute approximate surface area is 215 Å².